The third-order valence-electron chi connectivity index (χ3n) is 10.5. The zero-order chi connectivity index (χ0) is 38.5. The molecular weight excluding hydrogens is 704 g/mol. The molecule has 4 heterocycles. The van der Waals surface area contributed by atoms with Crippen molar-refractivity contribution in [2.45, 2.75) is 44.3 Å². The van der Waals surface area contributed by atoms with E-state index in [4.69, 9.17) is 9.73 Å². The number of benzene rings is 2. The molecule has 7 rings (SSSR count). The van der Waals surface area contributed by atoms with Crippen molar-refractivity contribution < 1.29 is 28.7 Å². The van der Waals surface area contributed by atoms with Gasteiger partial charge in [0.15, 0.2) is 12.8 Å². The molecule has 1 atom stereocenters. The quantitative estimate of drug-likeness (QED) is 0.266. The molecule has 1 unspecified atom stereocenters. The first-order valence-corrected chi connectivity index (χ1v) is 18.9. The fourth-order valence-electron chi connectivity index (χ4n) is 7.47. The molecule has 2 saturated heterocycles. The van der Waals surface area contributed by atoms with Gasteiger partial charge < -0.3 is 35.4 Å². The first-order valence-electron chi connectivity index (χ1n) is 18.9. The molecule has 0 bridgehead atoms. The average Bonchev–Trinajstić information content (AvgIpc) is 3.86. The third-order valence-corrected chi connectivity index (χ3v) is 10.5. The molecule has 1 saturated carbocycles. The second-order valence-corrected chi connectivity index (χ2v) is 14.4. The molecule has 0 aromatic heterocycles. The molecule has 1 aliphatic carbocycles. The van der Waals surface area contributed by atoms with E-state index in [-0.39, 0.29) is 48.9 Å². The van der Waals surface area contributed by atoms with E-state index in [2.05, 4.69) is 31.1 Å². The Balaban J connectivity index is 0.816. The van der Waals surface area contributed by atoms with E-state index in [1.807, 2.05) is 24.4 Å². The maximum atomic E-state index is 13.0. The van der Waals surface area contributed by atoms with Crippen LogP contribution in [0.25, 0.3) is 0 Å². The van der Waals surface area contributed by atoms with Crippen molar-refractivity contribution in [2.24, 2.45) is 4.99 Å². The standard InChI is InChI=1S/C39H48N10O6/c1-45(2)37(53)32-23-27-24-41-38(44-35(27)49(32)30-5-3-4-6-30)42-28-9-7-26(8-10-28)36(52)40-16-18-46-19-21-47(22-20-46)34(51)25-55-31-13-11-29(12-14-31)48-17-15-33(50)43-39(48)54/h7-14,23-24,30,35H,3-6,15-22,25H2,1-2H3,(H,40,52)(H2,41,42,44)(H,43,50,54). The lowest BCUT2D eigenvalue weighted by molar-refractivity contribution is -0.135. The summed E-state index contributed by atoms with van der Waals surface area (Å²) in [6, 6.07) is 13.9. The normalized spacial score (nSPS) is 20.1. The molecule has 16 nitrogen and oxygen atoms in total. The third kappa shape index (κ3) is 8.75. The zero-order valence-electron chi connectivity index (χ0n) is 31.3. The van der Waals surface area contributed by atoms with Gasteiger partial charge in [-0.2, -0.15) is 0 Å². The number of aliphatic imine (C=N–C) groups is 1. The number of hydrogen-bond acceptors (Lipinski definition) is 11. The molecule has 4 aliphatic heterocycles. The molecule has 55 heavy (non-hydrogen) atoms. The molecule has 6 amide bonds. The number of imide groups is 1. The van der Waals surface area contributed by atoms with Crippen LogP contribution in [-0.4, -0.2) is 134 Å². The average molecular weight is 753 g/mol. The van der Waals surface area contributed by atoms with Gasteiger partial charge in [-0.15, -0.1) is 0 Å². The summed E-state index contributed by atoms with van der Waals surface area (Å²) in [4.78, 5) is 76.5. The van der Waals surface area contributed by atoms with Gasteiger partial charge in [-0.25, -0.2) is 9.79 Å². The number of ether oxygens (including phenoxy) is 1. The van der Waals surface area contributed by atoms with Crippen molar-refractivity contribution in [1.29, 1.82) is 0 Å². The smallest absolute Gasteiger partial charge is 0.328 e. The summed E-state index contributed by atoms with van der Waals surface area (Å²) in [6.45, 7) is 3.86. The number of amides is 6. The van der Waals surface area contributed by atoms with Gasteiger partial charge in [-0.05, 0) is 67.4 Å². The Bertz CT molecular complexity index is 1880. The van der Waals surface area contributed by atoms with E-state index in [9.17, 15) is 24.0 Å². The van der Waals surface area contributed by atoms with Crippen molar-refractivity contribution in [3.63, 3.8) is 0 Å². The van der Waals surface area contributed by atoms with Crippen LogP contribution in [0.15, 0.2) is 77.1 Å². The van der Waals surface area contributed by atoms with Gasteiger partial charge in [0.2, 0.25) is 11.9 Å². The van der Waals surface area contributed by atoms with Crippen LogP contribution in [0.1, 0.15) is 42.5 Å². The number of carbonyl (C=O) groups is 5. The van der Waals surface area contributed by atoms with Crippen molar-refractivity contribution in [2.75, 3.05) is 76.7 Å². The van der Waals surface area contributed by atoms with Gasteiger partial charge in [-0.3, -0.25) is 34.3 Å². The Morgan fingerprint density at radius 3 is 2.36 bits per heavy atom. The molecule has 3 fully saturated rings. The van der Waals surface area contributed by atoms with Crippen LogP contribution in [0.4, 0.5) is 16.2 Å². The maximum absolute atomic E-state index is 13.0. The number of urea groups is 1. The van der Waals surface area contributed by atoms with Crippen LogP contribution in [0.5, 0.6) is 5.75 Å². The predicted octanol–water partition coefficient (Wildman–Crippen LogP) is 1.90. The van der Waals surface area contributed by atoms with Crippen LogP contribution in [0.2, 0.25) is 0 Å². The topological polar surface area (TPSA) is 171 Å². The van der Waals surface area contributed by atoms with Gasteiger partial charge in [-0.1, -0.05) is 12.8 Å². The summed E-state index contributed by atoms with van der Waals surface area (Å²) in [5.74, 6) is 0.508. The Morgan fingerprint density at radius 1 is 0.945 bits per heavy atom. The van der Waals surface area contributed by atoms with Gasteiger partial charge in [0, 0.05) is 101 Å². The lowest BCUT2D eigenvalue weighted by atomic mass is 10.1. The highest BCUT2D eigenvalue weighted by molar-refractivity contribution is 6.05. The van der Waals surface area contributed by atoms with E-state index in [0.29, 0.717) is 74.5 Å². The molecule has 2 aromatic rings. The van der Waals surface area contributed by atoms with E-state index in [1.165, 1.54) is 4.90 Å². The van der Waals surface area contributed by atoms with Crippen molar-refractivity contribution in [3.8, 4) is 5.75 Å². The fourth-order valence-corrected chi connectivity index (χ4v) is 7.47. The van der Waals surface area contributed by atoms with E-state index in [0.717, 1.165) is 36.9 Å². The molecule has 16 heteroatoms. The number of rotatable bonds is 11. The van der Waals surface area contributed by atoms with Crippen molar-refractivity contribution in [1.82, 2.24) is 35.6 Å². The molecule has 290 valence electrons. The lowest BCUT2D eigenvalue weighted by Crippen LogP contribution is -2.51. The number of guanidine groups is 1. The Labute approximate surface area is 320 Å². The van der Waals surface area contributed by atoms with E-state index in [1.54, 1.807) is 60.3 Å². The summed E-state index contributed by atoms with van der Waals surface area (Å²) in [5.41, 5.74) is 3.61. The molecule has 0 spiro atoms. The van der Waals surface area contributed by atoms with E-state index < -0.39 is 6.03 Å². The number of nitrogens with one attached hydrogen (secondary N) is 4. The van der Waals surface area contributed by atoms with Gasteiger partial charge in [0.05, 0.1) is 0 Å². The minimum Gasteiger partial charge on any atom is -0.484 e. The van der Waals surface area contributed by atoms with Crippen LogP contribution < -0.4 is 30.9 Å². The van der Waals surface area contributed by atoms with Gasteiger partial charge in [0.25, 0.3) is 17.7 Å². The highest BCUT2D eigenvalue weighted by Gasteiger charge is 2.41. The number of hydrogen-bond donors (Lipinski definition) is 4. The molecule has 4 N–H and O–H groups in total. The monoisotopic (exact) mass is 752 g/mol. The zero-order valence-corrected chi connectivity index (χ0v) is 31.3. The number of nitrogens with zero attached hydrogens (tertiary/aromatic N) is 6. The lowest BCUT2D eigenvalue weighted by Gasteiger charge is -2.35. The molecule has 0 radical (unpaired) electrons. The van der Waals surface area contributed by atoms with Crippen molar-refractivity contribution >= 4 is 47.0 Å². The van der Waals surface area contributed by atoms with Crippen LogP contribution >= 0.6 is 0 Å². The summed E-state index contributed by atoms with van der Waals surface area (Å²) in [5, 5.41) is 11.8. The number of anilines is 2. The Morgan fingerprint density at radius 2 is 1.67 bits per heavy atom. The highest BCUT2D eigenvalue weighted by atomic mass is 16.5. The summed E-state index contributed by atoms with van der Waals surface area (Å²) in [6.07, 6.45) is 8.20. The van der Waals surface area contributed by atoms with E-state index >= 15 is 0 Å². The largest absolute Gasteiger partial charge is 0.484 e. The number of likely N-dealkylation sites (N-methyl/N-ethyl adjacent to an activating group) is 1. The SMILES string of the molecule is CN(C)C(=O)C1=CC2=CNC(Nc3ccc(C(=O)NCCN4CCN(C(=O)COc5ccc(N6CCC(=O)NC6=O)cc5)CC4)cc3)=NC2N1C1CCCC1. The van der Waals surface area contributed by atoms with Crippen molar-refractivity contribution in [3.05, 3.63) is 77.6 Å². The van der Waals surface area contributed by atoms with Crippen LogP contribution in [0.3, 0.4) is 0 Å². The summed E-state index contributed by atoms with van der Waals surface area (Å²) in [7, 11) is 3.54. The number of piperazine rings is 1. The number of carbonyl (C=O) groups excluding carboxylic acids is 5. The predicted molar refractivity (Wildman–Crippen MR) is 206 cm³/mol. The Kier molecular flexibility index (Phi) is 11.3. The molecule has 5 aliphatic rings. The van der Waals surface area contributed by atoms with Crippen LogP contribution in [-0.2, 0) is 14.4 Å². The molecule has 2 aromatic carbocycles. The summed E-state index contributed by atoms with van der Waals surface area (Å²) < 4.78 is 5.71. The minimum absolute atomic E-state index is 0.0212. The van der Waals surface area contributed by atoms with Gasteiger partial charge in [0.1, 0.15) is 11.4 Å². The molecular formula is C39H48N10O6. The summed E-state index contributed by atoms with van der Waals surface area (Å²) >= 11 is 0. The highest BCUT2D eigenvalue weighted by Crippen LogP contribution is 2.37. The second kappa shape index (κ2) is 16.6. The number of fused-ring (bicyclic) bond motifs is 1. The Hall–Kier alpha value is -5.90. The first-order chi connectivity index (χ1) is 26.6. The fraction of sp³-hybridized carbons (Fsp3) is 0.436. The maximum Gasteiger partial charge on any atom is 0.328 e. The van der Waals surface area contributed by atoms with Gasteiger partial charge >= 0.3 is 6.03 Å². The minimum atomic E-state index is -0.454. The second-order valence-electron chi connectivity index (χ2n) is 14.4. The van der Waals surface area contributed by atoms with Crippen LogP contribution in [0, 0.1) is 0 Å². The first kappa shape index (κ1) is 37.4.